The van der Waals surface area contributed by atoms with Crippen molar-refractivity contribution in [3.63, 3.8) is 0 Å². The second-order valence-corrected chi connectivity index (χ2v) is 6.82. The maximum absolute atomic E-state index is 5.98. The van der Waals surface area contributed by atoms with Gasteiger partial charge in [-0.1, -0.05) is 18.2 Å². The summed E-state index contributed by atoms with van der Waals surface area (Å²) >= 11 is 0. The van der Waals surface area contributed by atoms with E-state index in [0.29, 0.717) is 13.1 Å². The predicted octanol–water partition coefficient (Wildman–Crippen LogP) is 3.98. The first kappa shape index (κ1) is 23.1. The van der Waals surface area contributed by atoms with E-state index in [4.69, 9.17) is 14.2 Å². The SMILES string of the molecule is CN=C(NCc1ccc(OC)cc1OC)NCc1ccccc1OCC1CC1.I. The van der Waals surface area contributed by atoms with Crippen LogP contribution in [0.25, 0.3) is 0 Å². The molecular weight excluding hydrogens is 481 g/mol. The van der Waals surface area contributed by atoms with E-state index in [0.717, 1.165) is 46.9 Å². The van der Waals surface area contributed by atoms with Gasteiger partial charge in [-0.05, 0) is 37.0 Å². The molecule has 6 nitrogen and oxygen atoms in total. The summed E-state index contributed by atoms with van der Waals surface area (Å²) in [6.07, 6.45) is 2.57. The molecule has 2 N–H and O–H groups in total. The Morgan fingerprint density at radius 2 is 1.66 bits per heavy atom. The van der Waals surface area contributed by atoms with Gasteiger partial charge in [0.2, 0.25) is 0 Å². The molecule has 1 fully saturated rings. The van der Waals surface area contributed by atoms with E-state index >= 15 is 0 Å². The van der Waals surface area contributed by atoms with E-state index in [1.165, 1.54) is 12.8 Å². The van der Waals surface area contributed by atoms with Gasteiger partial charge in [-0.3, -0.25) is 4.99 Å². The highest BCUT2D eigenvalue weighted by Gasteiger charge is 2.22. The van der Waals surface area contributed by atoms with Crippen LogP contribution in [0.2, 0.25) is 0 Å². The third-order valence-corrected chi connectivity index (χ3v) is 4.75. The Bertz CT molecular complexity index is 810. The molecule has 0 amide bonds. The quantitative estimate of drug-likeness (QED) is 0.303. The maximum atomic E-state index is 5.98. The summed E-state index contributed by atoms with van der Waals surface area (Å²) in [6.45, 7) is 2.04. The zero-order valence-corrected chi connectivity index (χ0v) is 19.6. The fourth-order valence-corrected chi connectivity index (χ4v) is 2.86. The number of para-hydroxylation sites is 1. The molecule has 0 saturated heterocycles. The zero-order chi connectivity index (χ0) is 19.8. The maximum Gasteiger partial charge on any atom is 0.191 e. The molecule has 0 unspecified atom stereocenters. The minimum Gasteiger partial charge on any atom is -0.497 e. The van der Waals surface area contributed by atoms with Gasteiger partial charge in [0.1, 0.15) is 17.2 Å². The highest BCUT2D eigenvalue weighted by molar-refractivity contribution is 14.0. The Morgan fingerprint density at radius 3 is 2.28 bits per heavy atom. The predicted molar refractivity (Wildman–Crippen MR) is 127 cm³/mol. The molecule has 29 heavy (non-hydrogen) atoms. The lowest BCUT2D eigenvalue weighted by molar-refractivity contribution is 0.296. The molecule has 0 aliphatic heterocycles. The lowest BCUT2D eigenvalue weighted by atomic mass is 10.2. The number of hydrogen-bond donors (Lipinski definition) is 2. The first-order valence-corrected chi connectivity index (χ1v) is 9.59. The Morgan fingerprint density at radius 1 is 0.966 bits per heavy atom. The minimum absolute atomic E-state index is 0. The van der Waals surface area contributed by atoms with E-state index < -0.39 is 0 Å². The number of ether oxygens (including phenoxy) is 3. The second-order valence-electron chi connectivity index (χ2n) is 6.82. The van der Waals surface area contributed by atoms with Gasteiger partial charge in [-0.15, -0.1) is 24.0 Å². The molecule has 2 aromatic rings. The molecule has 7 heteroatoms. The van der Waals surface area contributed by atoms with Crippen LogP contribution in [0.5, 0.6) is 17.2 Å². The fourth-order valence-electron chi connectivity index (χ4n) is 2.86. The van der Waals surface area contributed by atoms with Crippen molar-refractivity contribution in [3.05, 3.63) is 53.6 Å². The molecule has 0 radical (unpaired) electrons. The molecule has 2 aromatic carbocycles. The Hall–Kier alpha value is -2.16. The molecule has 0 heterocycles. The van der Waals surface area contributed by atoms with Gasteiger partial charge in [-0.2, -0.15) is 0 Å². The van der Waals surface area contributed by atoms with Crippen LogP contribution in [0.15, 0.2) is 47.5 Å². The van der Waals surface area contributed by atoms with Crippen molar-refractivity contribution in [2.24, 2.45) is 10.9 Å². The topological polar surface area (TPSA) is 64.1 Å². The van der Waals surface area contributed by atoms with Crippen molar-refractivity contribution in [1.82, 2.24) is 10.6 Å². The third-order valence-electron chi connectivity index (χ3n) is 4.75. The van der Waals surface area contributed by atoms with Crippen molar-refractivity contribution >= 4 is 29.9 Å². The van der Waals surface area contributed by atoms with Gasteiger partial charge in [0, 0.05) is 37.3 Å². The number of rotatable bonds is 9. The Balaban J connectivity index is 0.00000300. The van der Waals surface area contributed by atoms with Crippen molar-refractivity contribution in [2.75, 3.05) is 27.9 Å². The van der Waals surface area contributed by atoms with E-state index in [-0.39, 0.29) is 24.0 Å². The van der Waals surface area contributed by atoms with E-state index in [1.807, 2.05) is 36.4 Å². The van der Waals surface area contributed by atoms with E-state index in [2.05, 4.69) is 21.7 Å². The number of guanidine groups is 1. The smallest absolute Gasteiger partial charge is 0.191 e. The van der Waals surface area contributed by atoms with Gasteiger partial charge in [0.15, 0.2) is 5.96 Å². The summed E-state index contributed by atoms with van der Waals surface area (Å²) in [7, 11) is 5.06. The molecule has 1 aliphatic carbocycles. The van der Waals surface area contributed by atoms with Crippen LogP contribution in [0, 0.1) is 5.92 Å². The number of aliphatic imine (C=N–C) groups is 1. The molecule has 0 atom stereocenters. The summed E-state index contributed by atoms with van der Waals surface area (Å²) in [4.78, 5) is 4.31. The summed E-state index contributed by atoms with van der Waals surface area (Å²) in [6, 6.07) is 13.9. The van der Waals surface area contributed by atoms with Crippen LogP contribution < -0.4 is 24.8 Å². The monoisotopic (exact) mass is 511 g/mol. The molecule has 0 spiro atoms. The number of nitrogens with zero attached hydrogens (tertiary/aromatic N) is 1. The number of benzene rings is 2. The minimum atomic E-state index is 0. The molecular formula is C22H30IN3O3. The molecule has 0 aromatic heterocycles. The lowest BCUT2D eigenvalue weighted by Gasteiger charge is -2.16. The molecule has 3 rings (SSSR count). The van der Waals surface area contributed by atoms with Crippen molar-refractivity contribution in [2.45, 2.75) is 25.9 Å². The highest BCUT2D eigenvalue weighted by atomic mass is 127. The van der Waals surface area contributed by atoms with Crippen LogP contribution in [-0.4, -0.2) is 33.8 Å². The average Bonchev–Trinajstić information content (AvgIpc) is 3.57. The van der Waals surface area contributed by atoms with Crippen LogP contribution in [0.1, 0.15) is 24.0 Å². The van der Waals surface area contributed by atoms with Gasteiger partial charge < -0.3 is 24.8 Å². The van der Waals surface area contributed by atoms with Crippen LogP contribution in [0.3, 0.4) is 0 Å². The molecule has 1 aliphatic rings. The van der Waals surface area contributed by atoms with E-state index in [9.17, 15) is 0 Å². The first-order valence-electron chi connectivity index (χ1n) is 9.59. The van der Waals surface area contributed by atoms with Gasteiger partial charge in [0.05, 0.1) is 20.8 Å². The van der Waals surface area contributed by atoms with Crippen molar-refractivity contribution in [3.8, 4) is 17.2 Å². The van der Waals surface area contributed by atoms with E-state index in [1.54, 1.807) is 21.3 Å². The van der Waals surface area contributed by atoms with Crippen molar-refractivity contribution < 1.29 is 14.2 Å². The summed E-state index contributed by atoms with van der Waals surface area (Å²) < 4.78 is 16.7. The number of halogens is 1. The number of nitrogens with one attached hydrogen (secondary N) is 2. The first-order chi connectivity index (χ1) is 13.7. The van der Waals surface area contributed by atoms with Gasteiger partial charge >= 0.3 is 0 Å². The second kappa shape index (κ2) is 11.7. The number of methoxy groups -OCH3 is 2. The largest absolute Gasteiger partial charge is 0.497 e. The summed E-state index contributed by atoms with van der Waals surface area (Å²) in [5.41, 5.74) is 2.15. The molecule has 158 valence electrons. The van der Waals surface area contributed by atoms with Crippen LogP contribution in [0.4, 0.5) is 0 Å². The van der Waals surface area contributed by atoms with Gasteiger partial charge in [0.25, 0.3) is 0 Å². The third kappa shape index (κ3) is 6.99. The Kier molecular flexibility index (Phi) is 9.37. The Labute approximate surface area is 190 Å². The van der Waals surface area contributed by atoms with Crippen molar-refractivity contribution in [1.29, 1.82) is 0 Å². The average molecular weight is 511 g/mol. The standard InChI is InChI=1S/C22H29N3O3.HI/c1-23-22(25-14-18-10-11-19(26-2)12-21(18)27-3)24-13-17-6-4-5-7-20(17)28-15-16-8-9-16;/h4-7,10-12,16H,8-9,13-15H2,1-3H3,(H2,23,24,25);1H. The summed E-state index contributed by atoms with van der Waals surface area (Å²) in [5.74, 6) is 3.94. The molecule has 0 bridgehead atoms. The number of hydrogen-bond acceptors (Lipinski definition) is 4. The lowest BCUT2D eigenvalue weighted by Crippen LogP contribution is -2.36. The normalized spacial score (nSPS) is 13.3. The van der Waals surface area contributed by atoms with Crippen LogP contribution >= 0.6 is 24.0 Å². The highest BCUT2D eigenvalue weighted by Crippen LogP contribution is 2.30. The fraction of sp³-hybridized carbons (Fsp3) is 0.409. The summed E-state index contributed by atoms with van der Waals surface area (Å²) in [5, 5.41) is 6.68. The van der Waals surface area contributed by atoms with Crippen LogP contribution in [-0.2, 0) is 13.1 Å². The van der Waals surface area contributed by atoms with Gasteiger partial charge in [-0.25, -0.2) is 0 Å². The molecule has 1 saturated carbocycles. The zero-order valence-electron chi connectivity index (χ0n) is 17.2.